The Morgan fingerprint density at radius 1 is 1.00 bits per heavy atom. The fourth-order valence-electron chi connectivity index (χ4n) is 4.14. The van der Waals surface area contributed by atoms with Gasteiger partial charge in [0.1, 0.15) is 0 Å². The van der Waals surface area contributed by atoms with Gasteiger partial charge in [-0.15, -0.1) is 24.8 Å². The van der Waals surface area contributed by atoms with E-state index in [0.29, 0.717) is 5.41 Å². The van der Waals surface area contributed by atoms with Gasteiger partial charge in [0.25, 0.3) is 0 Å². The average molecular weight is 353 g/mol. The van der Waals surface area contributed by atoms with Crippen LogP contribution in [0.25, 0.3) is 10.8 Å². The molecule has 1 N–H and O–H groups in total. The number of hydrogen-bond acceptors (Lipinski definition) is 2. The predicted molar refractivity (Wildman–Crippen MR) is 103 cm³/mol. The van der Waals surface area contributed by atoms with Gasteiger partial charge in [0.2, 0.25) is 0 Å². The van der Waals surface area contributed by atoms with Crippen LogP contribution in [0.1, 0.15) is 24.8 Å². The van der Waals surface area contributed by atoms with E-state index in [4.69, 9.17) is 0 Å². The Hall–Kier alpha value is -0.800. The second-order valence-electron chi connectivity index (χ2n) is 6.92. The Bertz CT molecular complexity index is 638. The number of rotatable bonds is 2. The van der Waals surface area contributed by atoms with Crippen LogP contribution in [-0.2, 0) is 6.54 Å². The zero-order valence-electron chi connectivity index (χ0n) is 13.5. The molecule has 1 unspecified atom stereocenters. The Morgan fingerprint density at radius 3 is 2.61 bits per heavy atom. The lowest BCUT2D eigenvalue weighted by molar-refractivity contribution is 0.199. The minimum atomic E-state index is 0. The van der Waals surface area contributed by atoms with Gasteiger partial charge in [0, 0.05) is 19.6 Å². The number of nitrogens with one attached hydrogen (secondary N) is 1. The van der Waals surface area contributed by atoms with E-state index in [9.17, 15) is 0 Å². The third kappa shape index (κ3) is 4.00. The molecular formula is C19H26Cl2N2. The minimum Gasteiger partial charge on any atom is -0.316 e. The highest BCUT2D eigenvalue weighted by Gasteiger charge is 2.38. The van der Waals surface area contributed by atoms with Crippen molar-refractivity contribution >= 4 is 35.6 Å². The first-order chi connectivity index (χ1) is 10.3. The molecule has 126 valence electrons. The van der Waals surface area contributed by atoms with Crippen molar-refractivity contribution in [3.8, 4) is 0 Å². The number of hydrogen-bond donors (Lipinski definition) is 1. The molecular weight excluding hydrogens is 327 g/mol. The van der Waals surface area contributed by atoms with Crippen LogP contribution in [0.4, 0.5) is 0 Å². The third-order valence-corrected chi connectivity index (χ3v) is 5.30. The predicted octanol–water partition coefficient (Wildman–Crippen LogP) is 4.26. The Balaban J connectivity index is 0.000000960. The summed E-state index contributed by atoms with van der Waals surface area (Å²) in [5.74, 6) is 0. The van der Waals surface area contributed by atoms with E-state index in [2.05, 4.69) is 52.7 Å². The van der Waals surface area contributed by atoms with Crippen LogP contribution in [0.5, 0.6) is 0 Å². The molecule has 2 aliphatic heterocycles. The fourth-order valence-corrected chi connectivity index (χ4v) is 4.14. The van der Waals surface area contributed by atoms with Crippen LogP contribution in [0.3, 0.4) is 0 Å². The van der Waals surface area contributed by atoms with Crippen LogP contribution < -0.4 is 5.32 Å². The van der Waals surface area contributed by atoms with Gasteiger partial charge in [-0.3, -0.25) is 4.90 Å². The summed E-state index contributed by atoms with van der Waals surface area (Å²) in [5, 5.41) is 6.31. The van der Waals surface area contributed by atoms with Crippen molar-refractivity contribution < 1.29 is 0 Å². The minimum absolute atomic E-state index is 0. The van der Waals surface area contributed by atoms with Gasteiger partial charge in [0.05, 0.1) is 0 Å². The largest absolute Gasteiger partial charge is 0.316 e. The van der Waals surface area contributed by atoms with E-state index < -0.39 is 0 Å². The van der Waals surface area contributed by atoms with E-state index in [-0.39, 0.29) is 24.8 Å². The molecule has 0 aliphatic carbocycles. The summed E-state index contributed by atoms with van der Waals surface area (Å²) < 4.78 is 0. The molecule has 0 aromatic heterocycles. The maximum atomic E-state index is 3.60. The highest BCUT2D eigenvalue weighted by atomic mass is 35.5. The molecule has 1 atom stereocenters. The van der Waals surface area contributed by atoms with Gasteiger partial charge >= 0.3 is 0 Å². The molecule has 0 amide bonds. The zero-order chi connectivity index (χ0) is 14.1. The molecule has 2 saturated heterocycles. The zero-order valence-corrected chi connectivity index (χ0v) is 15.1. The number of benzene rings is 2. The van der Waals surface area contributed by atoms with Crippen molar-refractivity contribution in [2.24, 2.45) is 5.41 Å². The molecule has 4 heteroatoms. The molecule has 0 bridgehead atoms. The van der Waals surface area contributed by atoms with Crippen molar-refractivity contribution in [2.75, 3.05) is 26.2 Å². The van der Waals surface area contributed by atoms with Crippen LogP contribution in [-0.4, -0.2) is 31.1 Å². The second kappa shape index (κ2) is 7.85. The van der Waals surface area contributed by atoms with Crippen LogP contribution in [0.2, 0.25) is 0 Å². The van der Waals surface area contributed by atoms with Gasteiger partial charge in [-0.25, -0.2) is 0 Å². The molecule has 0 radical (unpaired) electrons. The highest BCUT2D eigenvalue weighted by molar-refractivity contribution is 5.85. The van der Waals surface area contributed by atoms with Gasteiger partial charge < -0.3 is 5.32 Å². The van der Waals surface area contributed by atoms with Gasteiger partial charge in [-0.1, -0.05) is 36.4 Å². The van der Waals surface area contributed by atoms with E-state index in [0.717, 1.165) is 6.54 Å². The van der Waals surface area contributed by atoms with Crippen molar-refractivity contribution in [1.82, 2.24) is 10.2 Å². The van der Waals surface area contributed by atoms with Crippen molar-refractivity contribution in [3.63, 3.8) is 0 Å². The number of piperidine rings is 1. The molecule has 0 saturated carbocycles. The molecule has 2 nitrogen and oxygen atoms in total. The summed E-state index contributed by atoms with van der Waals surface area (Å²) >= 11 is 0. The molecule has 1 spiro atoms. The first-order valence-electron chi connectivity index (χ1n) is 8.24. The van der Waals surface area contributed by atoms with E-state index >= 15 is 0 Å². The summed E-state index contributed by atoms with van der Waals surface area (Å²) in [5.41, 5.74) is 2.02. The average Bonchev–Trinajstić information content (AvgIpc) is 2.90. The second-order valence-corrected chi connectivity index (χ2v) is 6.92. The highest BCUT2D eigenvalue weighted by Crippen LogP contribution is 2.37. The number of halogens is 2. The smallest absolute Gasteiger partial charge is 0.0234 e. The van der Waals surface area contributed by atoms with Gasteiger partial charge in [-0.05, 0) is 60.2 Å². The Labute approximate surface area is 151 Å². The topological polar surface area (TPSA) is 15.3 Å². The lowest BCUT2D eigenvalue weighted by Crippen LogP contribution is -2.41. The number of likely N-dealkylation sites (tertiary alicyclic amines) is 1. The Morgan fingerprint density at radius 2 is 1.83 bits per heavy atom. The van der Waals surface area contributed by atoms with Crippen molar-refractivity contribution in [2.45, 2.75) is 25.8 Å². The summed E-state index contributed by atoms with van der Waals surface area (Å²) in [6.45, 7) is 6.07. The molecule has 2 aliphatic rings. The quantitative estimate of drug-likeness (QED) is 0.868. The van der Waals surface area contributed by atoms with Crippen LogP contribution in [0.15, 0.2) is 42.5 Å². The molecule has 2 aromatic carbocycles. The number of nitrogens with zero attached hydrogens (tertiary/aromatic N) is 1. The van der Waals surface area contributed by atoms with Crippen molar-refractivity contribution in [3.05, 3.63) is 48.0 Å². The van der Waals surface area contributed by atoms with E-state index in [1.807, 2.05) is 0 Å². The first-order valence-corrected chi connectivity index (χ1v) is 8.24. The SMILES string of the molecule is Cl.Cl.c1ccc2cc(CN3CCC4(CCCNC4)C3)ccc2c1. The maximum absolute atomic E-state index is 3.60. The Kier molecular flexibility index (Phi) is 6.33. The normalized spacial score (nSPS) is 24.3. The summed E-state index contributed by atoms with van der Waals surface area (Å²) in [7, 11) is 0. The van der Waals surface area contributed by atoms with E-state index in [1.54, 1.807) is 0 Å². The number of fused-ring (bicyclic) bond motifs is 1. The summed E-state index contributed by atoms with van der Waals surface area (Å²) in [4.78, 5) is 2.65. The van der Waals surface area contributed by atoms with Crippen LogP contribution in [0, 0.1) is 5.41 Å². The maximum Gasteiger partial charge on any atom is 0.0234 e. The van der Waals surface area contributed by atoms with Crippen LogP contribution >= 0.6 is 24.8 Å². The summed E-state index contributed by atoms with van der Waals surface area (Å²) in [6.07, 6.45) is 4.13. The fraction of sp³-hybridized carbons (Fsp3) is 0.474. The molecule has 2 heterocycles. The molecule has 4 rings (SSSR count). The van der Waals surface area contributed by atoms with Gasteiger partial charge in [0.15, 0.2) is 0 Å². The molecule has 2 aromatic rings. The molecule has 23 heavy (non-hydrogen) atoms. The van der Waals surface area contributed by atoms with Gasteiger partial charge in [-0.2, -0.15) is 0 Å². The summed E-state index contributed by atoms with van der Waals surface area (Å²) in [6, 6.07) is 15.6. The van der Waals surface area contributed by atoms with E-state index in [1.165, 1.54) is 61.8 Å². The third-order valence-electron chi connectivity index (χ3n) is 5.30. The molecule has 2 fully saturated rings. The standard InChI is InChI=1S/C19H24N2.2ClH/c1-2-5-18-12-16(6-7-17(18)4-1)13-21-11-9-19(15-21)8-3-10-20-14-19;;/h1-2,4-7,12,20H,3,8-11,13-15H2;2*1H. The van der Waals surface area contributed by atoms with Crippen molar-refractivity contribution in [1.29, 1.82) is 0 Å². The lowest BCUT2D eigenvalue weighted by Gasteiger charge is -2.34. The lowest BCUT2D eigenvalue weighted by atomic mass is 9.80. The first kappa shape index (κ1) is 18.5. The monoisotopic (exact) mass is 352 g/mol.